The summed E-state index contributed by atoms with van der Waals surface area (Å²) < 4.78 is 16.3. The Morgan fingerprint density at radius 2 is 2.28 bits per heavy atom. The predicted molar refractivity (Wildman–Crippen MR) is 118 cm³/mol. The summed E-state index contributed by atoms with van der Waals surface area (Å²) in [5.74, 6) is 3.29. The highest BCUT2D eigenvalue weighted by atomic mass is 16.5. The molecule has 29 heavy (non-hydrogen) atoms. The molecule has 6 nitrogen and oxygen atoms in total. The Labute approximate surface area is 177 Å². The highest BCUT2D eigenvalue weighted by Crippen LogP contribution is 2.18. The Kier molecular flexibility index (Phi) is 11.8. The van der Waals surface area contributed by atoms with Crippen LogP contribution in [-0.2, 0) is 15.9 Å². The second kappa shape index (κ2) is 14.5. The van der Waals surface area contributed by atoms with Crippen molar-refractivity contribution < 1.29 is 13.9 Å². The second-order valence-corrected chi connectivity index (χ2v) is 8.01. The minimum absolute atomic E-state index is 0.561. The number of hydrogen-bond acceptors (Lipinski definition) is 4. The number of rotatable bonds is 14. The van der Waals surface area contributed by atoms with Crippen molar-refractivity contribution in [2.24, 2.45) is 16.8 Å². The second-order valence-electron chi connectivity index (χ2n) is 8.01. The molecule has 0 radical (unpaired) electrons. The van der Waals surface area contributed by atoms with Crippen LogP contribution < -0.4 is 5.32 Å². The third-order valence-corrected chi connectivity index (χ3v) is 5.65. The van der Waals surface area contributed by atoms with Crippen molar-refractivity contribution in [2.45, 2.75) is 52.4 Å². The summed E-state index contributed by atoms with van der Waals surface area (Å²) >= 11 is 0. The Hall–Kier alpha value is -1.53. The van der Waals surface area contributed by atoms with E-state index < -0.39 is 0 Å². The van der Waals surface area contributed by atoms with E-state index in [1.807, 2.05) is 12.1 Å². The van der Waals surface area contributed by atoms with Crippen LogP contribution in [0.2, 0.25) is 0 Å². The molecule has 0 amide bonds. The van der Waals surface area contributed by atoms with E-state index in [1.165, 1.54) is 25.7 Å². The van der Waals surface area contributed by atoms with Gasteiger partial charge in [0.15, 0.2) is 5.96 Å². The number of furan rings is 1. The third kappa shape index (κ3) is 9.22. The molecule has 0 aromatic carbocycles. The molecule has 166 valence electrons. The number of hydrogen-bond donors (Lipinski definition) is 1. The zero-order valence-electron chi connectivity index (χ0n) is 18.7. The summed E-state index contributed by atoms with van der Waals surface area (Å²) in [6.07, 6.45) is 8.77. The molecule has 1 aliphatic rings. The molecule has 0 bridgehead atoms. The van der Waals surface area contributed by atoms with Crippen molar-refractivity contribution in [3.63, 3.8) is 0 Å². The first-order valence-electron chi connectivity index (χ1n) is 11.4. The van der Waals surface area contributed by atoms with Gasteiger partial charge in [-0.15, -0.1) is 0 Å². The SMILES string of the molecule is CCCCC(CC)CN=C(NCCc1ccco1)N1CCC(COCCOC)C1. The molecule has 2 heterocycles. The number of guanidine groups is 1. The van der Waals surface area contributed by atoms with Gasteiger partial charge in [-0.05, 0) is 30.9 Å². The maximum atomic E-state index is 5.75. The van der Waals surface area contributed by atoms with Crippen LogP contribution in [0.3, 0.4) is 0 Å². The molecule has 6 heteroatoms. The lowest BCUT2D eigenvalue weighted by Gasteiger charge is -2.23. The molecule has 1 aromatic rings. The molecule has 2 atom stereocenters. The van der Waals surface area contributed by atoms with Gasteiger partial charge in [-0.1, -0.05) is 33.1 Å². The average Bonchev–Trinajstić information content (AvgIpc) is 3.42. The first kappa shape index (κ1) is 23.7. The molecule has 1 aliphatic heterocycles. The largest absolute Gasteiger partial charge is 0.469 e. The van der Waals surface area contributed by atoms with Crippen molar-refractivity contribution >= 4 is 5.96 Å². The normalized spacial score (nSPS) is 18.4. The van der Waals surface area contributed by atoms with Gasteiger partial charge in [-0.2, -0.15) is 0 Å². The van der Waals surface area contributed by atoms with E-state index in [-0.39, 0.29) is 0 Å². The van der Waals surface area contributed by atoms with Crippen molar-refractivity contribution in [1.29, 1.82) is 0 Å². The fourth-order valence-corrected chi connectivity index (χ4v) is 3.71. The first-order valence-corrected chi connectivity index (χ1v) is 11.4. The minimum atomic E-state index is 0.561. The van der Waals surface area contributed by atoms with Gasteiger partial charge >= 0.3 is 0 Å². The van der Waals surface area contributed by atoms with Crippen LogP contribution in [0.4, 0.5) is 0 Å². The molecule has 1 fully saturated rings. The Balaban J connectivity index is 1.87. The number of nitrogens with one attached hydrogen (secondary N) is 1. The molecule has 0 aliphatic carbocycles. The van der Waals surface area contributed by atoms with E-state index >= 15 is 0 Å². The van der Waals surface area contributed by atoms with Gasteiger partial charge in [0.25, 0.3) is 0 Å². The van der Waals surface area contributed by atoms with E-state index in [4.69, 9.17) is 18.9 Å². The van der Waals surface area contributed by atoms with Crippen molar-refractivity contribution in [2.75, 3.05) is 53.1 Å². The van der Waals surface area contributed by atoms with E-state index in [0.29, 0.717) is 25.0 Å². The molecule has 2 rings (SSSR count). The summed E-state index contributed by atoms with van der Waals surface area (Å²) in [7, 11) is 1.71. The van der Waals surface area contributed by atoms with Crippen LogP contribution in [0.1, 0.15) is 51.7 Å². The van der Waals surface area contributed by atoms with Crippen molar-refractivity contribution in [3.8, 4) is 0 Å². The highest BCUT2D eigenvalue weighted by Gasteiger charge is 2.25. The van der Waals surface area contributed by atoms with Gasteiger partial charge < -0.3 is 24.1 Å². The third-order valence-electron chi connectivity index (χ3n) is 5.65. The smallest absolute Gasteiger partial charge is 0.193 e. The number of aliphatic imine (C=N–C) groups is 1. The Bertz CT molecular complexity index is 548. The monoisotopic (exact) mass is 407 g/mol. The quantitative estimate of drug-likeness (QED) is 0.287. The van der Waals surface area contributed by atoms with E-state index in [1.54, 1.807) is 13.4 Å². The Morgan fingerprint density at radius 3 is 3.00 bits per heavy atom. The van der Waals surface area contributed by atoms with Gasteiger partial charge in [-0.3, -0.25) is 4.99 Å². The van der Waals surface area contributed by atoms with E-state index in [9.17, 15) is 0 Å². The standard InChI is InChI=1S/C23H41N3O3/c1-4-6-8-20(5-2)17-25-23(24-12-10-22-9-7-14-29-22)26-13-11-21(18-26)19-28-16-15-27-3/h7,9,14,20-21H,4-6,8,10-13,15-19H2,1-3H3,(H,24,25). The zero-order chi connectivity index (χ0) is 20.7. The number of methoxy groups -OCH3 is 1. The van der Waals surface area contributed by atoms with Crippen molar-refractivity contribution in [1.82, 2.24) is 10.2 Å². The molecule has 1 aromatic heterocycles. The molecular weight excluding hydrogens is 366 g/mol. The first-order chi connectivity index (χ1) is 14.3. The molecular formula is C23H41N3O3. The number of likely N-dealkylation sites (tertiary alicyclic amines) is 1. The lowest BCUT2D eigenvalue weighted by atomic mass is 10.00. The van der Waals surface area contributed by atoms with E-state index in [0.717, 1.165) is 57.3 Å². The lowest BCUT2D eigenvalue weighted by molar-refractivity contribution is 0.0536. The Morgan fingerprint density at radius 1 is 1.38 bits per heavy atom. The number of nitrogens with zero attached hydrogens (tertiary/aromatic N) is 2. The van der Waals surface area contributed by atoms with Crippen LogP contribution >= 0.6 is 0 Å². The van der Waals surface area contributed by atoms with Crippen LogP contribution in [0.15, 0.2) is 27.8 Å². The fraction of sp³-hybridized carbons (Fsp3) is 0.783. The summed E-state index contributed by atoms with van der Waals surface area (Å²) in [5, 5.41) is 3.59. The molecule has 1 saturated heterocycles. The molecule has 1 N–H and O–H groups in total. The molecule has 0 saturated carbocycles. The average molecular weight is 408 g/mol. The summed E-state index contributed by atoms with van der Waals surface area (Å²) in [6, 6.07) is 3.97. The van der Waals surface area contributed by atoms with Gasteiger partial charge in [0.2, 0.25) is 0 Å². The zero-order valence-corrected chi connectivity index (χ0v) is 18.7. The topological polar surface area (TPSA) is 59.2 Å². The molecule has 0 spiro atoms. The van der Waals surface area contributed by atoms with Crippen LogP contribution in [0.5, 0.6) is 0 Å². The predicted octanol–water partition coefficient (Wildman–Crippen LogP) is 3.97. The maximum Gasteiger partial charge on any atom is 0.193 e. The summed E-state index contributed by atoms with van der Waals surface area (Å²) in [4.78, 5) is 7.43. The van der Waals surface area contributed by atoms with Gasteiger partial charge in [0.1, 0.15) is 5.76 Å². The molecule has 2 unspecified atom stereocenters. The van der Waals surface area contributed by atoms with Crippen LogP contribution in [-0.4, -0.2) is 64.0 Å². The number of ether oxygens (including phenoxy) is 2. The van der Waals surface area contributed by atoms with Crippen molar-refractivity contribution in [3.05, 3.63) is 24.2 Å². The van der Waals surface area contributed by atoms with Gasteiger partial charge in [-0.25, -0.2) is 0 Å². The highest BCUT2D eigenvalue weighted by molar-refractivity contribution is 5.80. The number of unbranched alkanes of at least 4 members (excludes halogenated alkanes) is 1. The van der Waals surface area contributed by atoms with E-state index in [2.05, 4.69) is 24.1 Å². The van der Waals surface area contributed by atoms with Gasteiger partial charge in [0.05, 0.1) is 26.1 Å². The summed E-state index contributed by atoms with van der Waals surface area (Å²) in [5.41, 5.74) is 0. The summed E-state index contributed by atoms with van der Waals surface area (Å²) in [6.45, 7) is 10.5. The fourth-order valence-electron chi connectivity index (χ4n) is 3.71. The minimum Gasteiger partial charge on any atom is -0.469 e. The lowest BCUT2D eigenvalue weighted by Crippen LogP contribution is -2.41. The van der Waals surface area contributed by atoms with Crippen LogP contribution in [0, 0.1) is 11.8 Å². The van der Waals surface area contributed by atoms with Crippen LogP contribution in [0.25, 0.3) is 0 Å². The van der Waals surface area contributed by atoms with Gasteiger partial charge in [0, 0.05) is 45.6 Å². The maximum absolute atomic E-state index is 5.75.